The van der Waals surface area contributed by atoms with Gasteiger partial charge in [-0.15, -0.1) is 0 Å². The smallest absolute Gasteiger partial charge is 0.138 e. The molecule has 1 N–H and O–H groups in total. The van der Waals surface area contributed by atoms with Gasteiger partial charge in [-0.25, -0.2) is 0 Å². The fourth-order valence-electron chi connectivity index (χ4n) is 2.16. The third-order valence-corrected chi connectivity index (χ3v) is 3.01. The van der Waals surface area contributed by atoms with Crippen LogP contribution < -0.4 is 5.32 Å². The average Bonchev–Trinajstić information content (AvgIpc) is 2.20. The maximum absolute atomic E-state index is 12.1. The Labute approximate surface area is 108 Å². The summed E-state index contributed by atoms with van der Waals surface area (Å²) in [6.45, 7) is 13.8. The lowest BCUT2D eigenvalue weighted by Crippen LogP contribution is -2.26. The standard InChI is InChI=1S/C15H31NO/c1-11(2)10-14(15(17)12(3)4)8-7-9-16-13(5)6/h11-14,16H,7-10H2,1-6H3/t14-/m0/s1. The third-order valence-electron chi connectivity index (χ3n) is 3.01. The molecule has 0 aliphatic rings. The molecule has 0 rings (SSSR count). The fraction of sp³-hybridized carbons (Fsp3) is 0.933. The van der Waals surface area contributed by atoms with Crippen molar-refractivity contribution in [2.45, 2.75) is 66.8 Å². The first kappa shape index (κ1) is 16.6. The van der Waals surface area contributed by atoms with E-state index in [0.717, 1.165) is 25.8 Å². The van der Waals surface area contributed by atoms with Crippen molar-refractivity contribution in [3.8, 4) is 0 Å². The first-order chi connectivity index (χ1) is 7.84. The molecular weight excluding hydrogens is 210 g/mol. The van der Waals surface area contributed by atoms with Crippen molar-refractivity contribution in [1.29, 1.82) is 0 Å². The monoisotopic (exact) mass is 241 g/mol. The van der Waals surface area contributed by atoms with E-state index in [0.29, 0.717) is 17.7 Å². The molecular formula is C15H31NO. The first-order valence-corrected chi connectivity index (χ1v) is 7.11. The van der Waals surface area contributed by atoms with Gasteiger partial charge in [0, 0.05) is 17.9 Å². The lowest BCUT2D eigenvalue weighted by molar-refractivity contribution is -0.126. The zero-order valence-electron chi connectivity index (χ0n) is 12.5. The molecule has 17 heavy (non-hydrogen) atoms. The molecule has 0 aliphatic heterocycles. The van der Waals surface area contributed by atoms with E-state index in [2.05, 4.69) is 33.0 Å². The Bertz CT molecular complexity index is 209. The zero-order chi connectivity index (χ0) is 13.4. The minimum atomic E-state index is 0.178. The van der Waals surface area contributed by atoms with E-state index in [1.54, 1.807) is 0 Å². The highest BCUT2D eigenvalue weighted by Crippen LogP contribution is 2.21. The van der Waals surface area contributed by atoms with Crippen molar-refractivity contribution in [3.05, 3.63) is 0 Å². The van der Waals surface area contributed by atoms with Crippen LogP contribution in [0, 0.1) is 17.8 Å². The molecule has 0 aromatic rings. The number of carbonyl (C=O) groups is 1. The maximum atomic E-state index is 12.1. The van der Waals surface area contributed by atoms with Crippen LogP contribution >= 0.6 is 0 Å². The van der Waals surface area contributed by atoms with Gasteiger partial charge in [0.05, 0.1) is 0 Å². The molecule has 2 heteroatoms. The number of hydrogen-bond donors (Lipinski definition) is 1. The molecule has 0 aromatic heterocycles. The summed E-state index contributed by atoms with van der Waals surface area (Å²) in [5.74, 6) is 1.50. The first-order valence-electron chi connectivity index (χ1n) is 7.11. The lowest BCUT2D eigenvalue weighted by atomic mass is 9.85. The van der Waals surface area contributed by atoms with Crippen LogP contribution in [0.1, 0.15) is 60.8 Å². The van der Waals surface area contributed by atoms with Crippen molar-refractivity contribution in [2.24, 2.45) is 17.8 Å². The van der Waals surface area contributed by atoms with Gasteiger partial charge < -0.3 is 5.32 Å². The zero-order valence-corrected chi connectivity index (χ0v) is 12.5. The van der Waals surface area contributed by atoms with Crippen molar-refractivity contribution < 1.29 is 4.79 Å². The summed E-state index contributed by atoms with van der Waals surface area (Å²) in [5, 5.41) is 3.41. The van der Waals surface area contributed by atoms with Crippen LogP contribution in [-0.2, 0) is 4.79 Å². The van der Waals surface area contributed by atoms with E-state index >= 15 is 0 Å². The molecule has 0 saturated carbocycles. The van der Waals surface area contributed by atoms with Gasteiger partial charge in [-0.1, -0.05) is 41.5 Å². The molecule has 0 unspecified atom stereocenters. The van der Waals surface area contributed by atoms with Gasteiger partial charge in [-0.05, 0) is 31.7 Å². The molecule has 0 radical (unpaired) electrons. The third kappa shape index (κ3) is 8.37. The highest BCUT2D eigenvalue weighted by atomic mass is 16.1. The SMILES string of the molecule is CC(C)C[C@H](CCCNC(C)C)C(=O)C(C)C. The van der Waals surface area contributed by atoms with Gasteiger partial charge >= 0.3 is 0 Å². The predicted molar refractivity (Wildman–Crippen MR) is 75.2 cm³/mol. The Morgan fingerprint density at radius 2 is 1.65 bits per heavy atom. The summed E-state index contributed by atoms with van der Waals surface area (Å²) in [6.07, 6.45) is 3.18. The van der Waals surface area contributed by atoms with E-state index < -0.39 is 0 Å². The molecule has 0 bridgehead atoms. The second-order valence-electron chi connectivity index (χ2n) is 6.13. The summed E-state index contributed by atoms with van der Waals surface area (Å²) < 4.78 is 0. The van der Waals surface area contributed by atoms with Crippen molar-refractivity contribution >= 4 is 5.78 Å². The van der Waals surface area contributed by atoms with E-state index in [1.807, 2.05) is 13.8 Å². The second-order valence-corrected chi connectivity index (χ2v) is 6.13. The number of nitrogens with one attached hydrogen (secondary N) is 1. The Morgan fingerprint density at radius 3 is 2.06 bits per heavy atom. The van der Waals surface area contributed by atoms with Crippen LogP contribution in [0.2, 0.25) is 0 Å². The van der Waals surface area contributed by atoms with Crippen LogP contribution in [-0.4, -0.2) is 18.4 Å². The molecule has 102 valence electrons. The largest absolute Gasteiger partial charge is 0.315 e. The van der Waals surface area contributed by atoms with Crippen molar-refractivity contribution in [3.63, 3.8) is 0 Å². The molecule has 0 spiro atoms. The number of rotatable bonds is 9. The quantitative estimate of drug-likeness (QED) is 0.624. The Morgan fingerprint density at radius 1 is 1.06 bits per heavy atom. The number of carbonyl (C=O) groups excluding carboxylic acids is 1. The van der Waals surface area contributed by atoms with Gasteiger partial charge in [0.1, 0.15) is 5.78 Å². The Balaban J connectivity index is 4.07. The van der Waals surface area contributed by atoms with Gasteiger partial charge in [0.25, 0.3) is 0 Å². The predicted octanol–water partition coefficient (Wildman–Crippen LogP) is 3.65. The summed E-state index contributed by atoms with van der Waals surface area (Å²) in [6, 6.07) is 0.541. The molecule has 0 fully saturated rings. The molecule has 0 aliphatic carbocycles. The van der Waals surface area contributed by atoms with Gasteiger partial charge in [-0.2, -0.15) is 0 Å². The molecule has 0 saturated heterocycles. The summed E-state index contributed by atoms with van der Waals surface area (Å²) in [5.41, 5.74) is 0. The van der Waals surface area contributed by atoms with Gasteiger partial charge in [0.2, 0.25) is 0 Å². The minimum absolute atomic E-state index is 0.178. The minimum Gasteiger partial charge on any atom is -0.315 e. The van der Waals surface area contributed by atoms with Crippen LogP contribution in [0.3, 0.4) is 0 Å². The molecule has 0 amide bonds. The highest BCUT2D eigenvalue weighted by Gasteiger charge is 2.21. The van der Waals surface area contributed by atoms with Crippen molar-refractivity contribution in [2.75, 3.05) is 6.54 Å². The molecule has 0 aromatic carbocycles. The molecule has 2 nitrogen and oxygen atoms in total. The van der Waals surface area contributed by atoms with Crippen LogP contribution in [0.15, 0.2) is 0 Å². The van der Waals surface area contributed by atoms with Crippen molar-refractivity contribution in [1.82, 2.24) is 5.32 Å². The summed E-state index contributed by atoms with van der Waals surface area (Å²) in [4.78, 5) is 12.1. The van der Waals surface area contributed by atoms with Crippen LogP contribution in [0.5, 0.6) is 0 Å². The summed E-state index contributed by atoms with van der Waals surface area (Å²) in [7, 11) is 0. The van der Waals surface area contributed by atoms with E-state index in [9.17, 15) is 4.79 Å². The van der Waals surface area contributed by atoms with E-state index in [-0.39, 0.29) is 11.8 Å². The normalized spacial score (nSPS) is 13.7. The lowest BCUT2D eigenvalue weighted by Gasteiger charge is -2.20. The van der Waals surface area contributed by atoms with E-state index in [4.69, 9.17) is 0 Å². The second kappa shape index (κ2) is 8.68. The maximum Gasteiger partial charge on any atom is 0.138 e. The number of hydrogen-bond acceptors (Lipinski definition) is 2. The van der Waals surface area contributed by atoms with Crippen LogP contribution in [0.25, 0.3) is 0 Å². The van der Waals surface area contributed by atoms with E-state index in [1.165, 1.54) is 0 Å². The molecule has 1 atom stereocenters. The van der Waals surface area contributed by atoms with Crippen LogP contribution in [0.4, 0.5) is 0 Å². The molecule has 0 heterocycles. The van der Waals surface area contributed by atoms with Gasteiger partial charge in [0.15, 0.2) is 0 Å². The average molecular weight is 241 g/mol. The fourth-order valence-corrected chi connectivity index (χ4v) is 2.16. The Kier molecular flexibility index (Phi) is 8.49. The summed E-state index contributed by atoms with van der Waals surface area (Å²) >= 11 is 0. The number of Topliss-reactive ketones (excluding diaryl/α,β-unsaturated/α-hetero) is 1. The topological polar surface area (TPSA) is 29.1 Å². The highest BCUT2D eigenvalue weighted by molar-refractivity contribution is 5.82. The number of ketones is 1. The van der Waals surface area contributed by atoms with Gasteiger partial charge in [-0.3, -0.25) is 4.79 Å². The Hall–Kier alpha value is -0.370.